The summed E-state index contributed by atoms with van der Waals surface area (Å²) in [7, 11) is 1.68. The largest absolute Gasteiger partial charge is 0.383 e. The molecule has 1 aromatic rings. The van der Waals surface area contributed by atoms with E-state index in [0.29, 0.717) is 13.2 Å². The number of nitrogens with one attached hydrogen (secondary N) is 1. The van der Waals surface area contributed by atoms with Crippen LogP contribution < -0.4 is 5.32 Å². The molecule has 6 nitrogen and oxygen atoms in total. The number of hydrogen-bond donors (Lipinski definition) is 1. The van der Waals surface area contributed by atoms with Gasteiger partial charge in [0.25, 0.3) is 0 Å². The van der Waals surface area contributed by atoms with Crippen LogP contribution in [0.4, 0.5) is 0 Å². The van der Waals surface area contributed by atoms with Gasteiger partial charge in [-0.15, -0.1) is 0 Å². The van der Waals surface area contributed by atoms with Crippen LogP contribution in [0.3, 0.4) is 0 Å². The number of carbonyl (C=O) groups is 1. The first-order chi connectivity index (χ1) is 10.1. The number of aromatic nitrogens is 2. The second-order valence-corrected chi connectivity index (χ2v) is 6.01. The molecule has 0 aliphatic carbocycles. The molecule has 0 aromatic carbocycles. The Balaban J connectivity index is 1.90. The highest BCUT2D eigenvalue weighted by Gasteiger charge is 2.35. The van der Waals surface area contributed by atoms with E-state index < -0.39 is 5.54 Å². The highest BCUT2D eigenvalue weighted by molar-refractivity contribution is 5.85. The van der Waals surface area contributed by atoms with Crippen LogP contribution in [0, 0.1) is 0 Å². The fourth-order valence-electron chi connectivity index (χ4n) is 2.69. The minimum absolute atomic E-state index is 0.0730. The van der Waals surface area contributed by atoms with Crippen molar-refractivity contribution in [3.8, 4) is 0 Å². The van der Waals surface area contributed by atoms with Gasteiger partial charge in [-0.3, -0.25) is 9.69 Å². The van der Waals surface area contributed by atoms with E-state index in [1.54, 1.807) is 19.6 Å². The molecule has 2 rings (SSSR count). The topological polar surface area (TPSA) is 59.4 Å². The number of hydrogen-bond acceptors (Lipinski definition) is 4. The lowest BCUT2D eigenvalue weighted by Gasteiger charge is -2.33. The van der Waals surface area contributed by atoms with Crippen molar-refractivity contribution in [2.75, 3.05) is 26.8 Å². The SMILES string of the molecule is COCCn1cncc1CNC(=O)C(C)(C)N1CCCC1. The van der Waals surface area contributed by atoms with Crippen molar-refractivity contribution < 1.29 is 9.53 Å². The molecule has 6 heteroatoms. The first-order valence-corrected chi connectivity index (χ1v) is 7.57. The first kappa shape index (κ1) is 16.0. The zero-order valence-corrected chi connectivity index (χ0v) is 13.3. The second-order valence-electron chi connectivity index (χ2n) is 6.01. The van der Waals surface area contributed by atoms with Gasteiger partial charge in [0.15, 0.2) is 0 Å². The van der Waals surface area contributed by atoms with Crippen molar-refractivity contribution in [2.45, 2.75) is 45.3 Å². The van der Waals surface area contributed by atoms with Gasteiger partial charge in [-0.05, 0) is 39.8 Å². The predicted octanol–water partition coefficient (Wildman–Crippen LogP) is 1.02. The molecule has 0 radical (unpaired) electrons. The van der Waals surface area contributed by atoms with E-state index in [-0.39, 0.29) is 5.91 Å². The molecule has 118 valence electrons. The summed E-state index contributed by atoms with van der Waals surface area (Å²) in [6.45, 7) is 7.89. The van der Waals surface area contributed by atoms with Gasteiger partial charge < -0.3 is 14.6 Å². The summed E-state index contributed by atoms with van der Waals surface area (Å²) < 4.78 is 7.08. The van der Waals surface area contributed by atoms with E-state index >= 15 is 0 Å². The van der Waals surface area contributed by atoms with E-state index in [1.807, 2.05) is 18.4 Å². The zero-order chi connectivity index (χ0) is 15.3. The standard InChI is InChI=1S/C15H26N4O2/c1-15(2,19-6-4-5-7-19)14(20)17-11-13-10-16-12-18(13)8-9-21-3/h10,12H,4-9,11H2,1-3H3,(H,17,20). The summed E-state index contributed by atoms with van der Waals surface area (Å²) >= 11 is 0. The summed E-state index contributed by atoms with van der Waals surface area (Å²) in [6, 6.07) is 0. The van der Waals surface area contributed by atoms with Crippen LogP contribution in [-0.2, 0) is 22.6 Å². The maximum Gasteiger partial charge on any atom is 0.240 e. The Labute approximate surface area is 126 Å². The van der Waals surface area contributed by atoms with Crippen LogP contribution in [-0.4, -0.2) is 52.7 Å². The average Bonchev–Trinajstić information content (AvgIpc) is 3.13. The van der Waals surface area contributed by atoms with E-state index in [4.69, 9.17) is 4.74 Å². The van der Waals surface area contributed by atoms with Crippen molar-refractivity contribution in [3.05, 3.63) is 18.2 Å². The molecule has 21 heavy (non-hydrogen) atoms. The van der Waals surface area contributed by atoms with Crippen molar-refractivity contribution in [2.24, 2.45) is 0 Å². The second kappa shape index (κ2) is 7.04. The van der Waals surface area contributed by atoms with Crippen LogP contribution in [0.25, 0.3) is 0 Å². The summed E-state index contributed by atoms with van der Waals surface area (Å²) in [4.78, 5) is 18.9. The van der Waals surface area contributed by atoms with Crippen LogP contribution in [0.5, 0.6) is 0 Å². The molecule has 1 amide bonds. The van der Waals surface area contributed by atoms with E-state index in [9.17, 15) is 4.79 Å². The molecule has 1 N–H and O–H groups in total. The third kappa shape index (κ3) is 3.83. The minimum Gasteiger partial charge on any atom is -0.383 e. The molecule has 0 saturated carbocycles. The Bertz CT molecular complexity index is 464. The Kier molecular flexibility index (Phi) is 5.36. The van der Waals surface area contributed by atoms with Gasteiger partial charge in [-0.25, -0.2) is 4.98 Å². The molecular weight excluding hydrogens is 268 g/mol. The van der Waals surface area contributed by atoms with Gasteiger partial charge in [0, 0.05) is 19.9 Å². The van der Waals surface area contributed by atoms with E-state index in [1.165, 1.54) is 12.8 Å². The van der Waals surface area contributed by atoms with E-state index in [0.717, 1.165) is 25.3 Å². The molecule has 0 atom stereocenters. The number of nitrogens with zero attached hydrogens (tertiary/aromatic N) is 3. The van der Waals surface area contributed by atoms with Gasteiger partial charge in [0.1, 0.15) is 0 Å². The third-order valence-corrected chi connectivity index (χ3v) is 4.22. The smallest absolute Gasteiger partial charge is 0.240 e. The summed E-state index contributed by atoms with van der Waals surface area (Å²) in [5.41, 5.74) is 0.547. The van der Waals surface area contributed by atoms with Crippen LogP contribution in [0.1, 0.15) is 32.4 Å². The molecule has 0 spiro atoms. The van der Waals surface area contributed by atoms with Gasteiger partial charge >= 0.3 is 0 Å². The van der Waals surface area contributed by atoms with Crippen molar-refractivity contribution >= 4 is 5.91 Å². The zero-order valence-electron chi connectivity index (χ0n) is 13.3. The van der Waals surface area contributed by atoms with E-state index in [2.05, 4.69) is 15.2 Å². The van der Waals surface area contributed by atoms with Crippen LogP contribution in [0.2, 0.25) is 0 Å². The Morgan fingerprint density at radius 3 is 2.81 bits per heavy atom. The molecule has 0 unspecified atom stereocenters. The number of rotatable bonds is 7. The van der Waals surface area contributed by atoms with Crippen molar-refractivity contribution in [1.29, 1.82) is 0 Å². The highest BCUT2D eigenvalue weighted by atomic mass is 16.5. The highest BCUT2D eigenvalue weighted by Crippen LogP contribution is 2.21. The molecule has 0 bridgehead atoms. The van der Waals surface area contributed by atoms with Gasteiger partial charge in [0.05, 0.1) is 30.7 Å². The summed E-state index contributed by atoms with van der Waals surface area (Å²) in [6.07, 6.45) is 5.92. The first-order valence-electron chi connectivity index (χ1n) is 7.57. The summed E-state index contributed by atoms with van der Waals surface area (Å²) in [5.74, 6) is 0.0730. The molecule has 1 fully saturated rings. The Morgan fingerprint density at radius 1 is 1.43 bits per heavy atom. The summed E-state index contributed by atoms with van der Waals surface area (Å²) in [5, 5.41) is 3.04. The predicted molar refractivity (Wildman–Crippen MR) is 80.8 cm³/mol. The van der Waals surface area contributed by atoms with Crippen molar-refractivity contribution in [1.82, 2.24) is 19.8 Å². The number of amides is 1. The molecular formula is C15H26N4O2. The molecule has 1 aliphatic rings. The lowest BCUT2D eigenvalue weighted by Crippen LogP contribution is -2.53. The van der Waals surface area contributed by atoms with Gasteiger partial charge in [-0.2, -0.15) is 0 Å². The lowest BCUT2D eigenvalue weighted by molar-refractivity contribution is -0.131. The quantitative estimate of drug-likeness (QED) is 0.816. The number of ether oxygens (including phenoxy) is 1. The monoisotopic (exact) mass is 294 g/mol. The van der Waals surface area contributed by atoms with Gasteiger partial charge in [0.2, 0.25) is 5.91 Å². The third-order valence-electron chi connectivity index (χ3n) is 4.22. The van der Waals surface area contributed by atoms with Crippen LogP contribution >= 0.6 is 0 Å². The number of imidazole rings is 1. The fourth-order valence-corrected chi connectivity index (χ4v) is 2.69. The average molecular weight is 294 g/mol. The van der Waals surface area contributed by atoms with Crippen LogP contribution in [0.15, 0.2) is 12.5 Å². The van der Waals surface area contributed by atoms with Gasteiger partial charge in [-0.1, -0.05) is 0 Å². The lowest BCUT2D eigenvalue weighted by atomic mass is 10.0. The fraction of sp³-hybridized carbons (Fsp3) is 0.733. The number of methoxy groups -OCH3 is 1. The molecule has 1 aliphatic heterocycles. The molecule has 1 aromatic heterocycles. The normalized spacial score (nSPS) is 16.3. The minimum atomic E-state index is -0.451. The molecule has 1 saturated heterocycles. The maximum absolute atomic E-state index is 12.5. The van der Waals surface area contributed by atoms with Crippen molar-refractivity contribution in [3.63, 3.8) is 0 Å². The molecule has 2 heterocycles. The number of carbonyl (C=O) groups excluding carboxylic acids is 1. The Morgan fingerprint density at radius 2 is 2.14 bits per heavy atom. The number of likely N-dealkylation sites (tertiary alicyclic amines) is 1. The maximum atomic E-state index is 12.5. The Hall–Kier alpha value is -1.40.